The lowest BCUT2D eigenvalue weighted by Gasteiger charge is -1.97. The third kappa shape index (κ3) is 1.47. The highest BCUT2D eigenvalue weighted by atomic mass is 16.3. The average Bonchev–Trinajstić information content (AvgIpc) is 2.94. The molecule has 0 aliphatic rings. The van der Waals surface area contributed by atoms with Crippen LogP contribution in [0.5, 0.6) is 0 Å². The van der Waals surface area contributed by atoms with Crippen LogP contribution in [0.25, 0.3) is 10.9 Å². The summed E-state index contributed by atoms with van der Waals surface area (Å²) >= 11 is 0. The molecule has 1 aromatic carbocycles. The minimum Gasteiger partial charge on any atom is -0.461 e. The number of carbonyl (C=O) groups is 1. The predicted octanol–water partition coefficient (Wildman–Crippen LogP) is 3.30. The molecule has 3 rings (SSSR count). The average molecular weight is 225 g/mol. The standard InChI is InChI=1S/C14H11NO2/c1-9-6-7-17-14(9)13(16)11-8-15-12-5-3-2-4-10(11)12/h2-8,15H,1H3. The van der Waals surface area contributed by atoms with Crippen molar-refractivity contribution in [2.75, 3.05) is 0 Å². The minimum absolute atomic E-state index is 0.0787. The molecule has 0 unspecified atom stereocenters. The van der Waals surface area contributed by atoms with Crippen molar-refractivity contribution in [1.82, 2.24) is 4.98 Å². The number of aryl methyl sites for hydroxylation is 1. The zero-order valence-corrected chi connectivity index (χ0v) is 9.36. The number of hydrogen-bond donors (Lipinski definition) is 1. The van der Waals surface area contributed by atoms with Crippen molar-refractivity contribution in [2.24, 2.45) is 0 Å². The van der Waals surface area contributed by atoms with Crippen molar-refractivity contribution in [2.45, 2.75) is 6.92 Å². The normalized spacial score (nSPS) is 10.9. The van der Waals surface area contributed by atoms with Gasteiger partial charge in [0.25, 0.3) is 0 Å². The molecule has 17 heavy (non-hydrogen) atoms. The predicted molar refractivity (Wildman–Crippen MR) is 65.2 cm³/mol. The fraction of sp³-hybridized carbons (Fsp3) is 0.0714. The van der Waals surface area contributed by atoms with E-state index in [0.29, 0.717) is 11.3 Å². The van der Waals surface area contributed by atoms with Gasteiger partial charge in [0.1, 0.15) is 0 Å². The summed E-state index contributed by atoms with van der Waals surface area (Å²) in [5.41, 5.74) is 2.47. The third-order valence-electron chi connectivity index (χ3n) is 2.90. The number of hydrogen-bond acceptors (Lipinski definition) is 2. The van der Waals surface area contributed by atoms with Crippen molar-refractivity contribution < 1.29 is 9.21 Å². The zero-order valence-electron chi connectivity index (χ0n) is 9.36. The number of para-hydroxylation sites is 1. The summed E-state index contributed by atoms with van der Waals surface area (Å²) in [7, 11) is 0. The Labute approximate surface area is 98.1 Å². The number of benzene rings is 1. The summed E-state index contributed by atoms with van der Waals surface area (Å²) in [6.45, 7) is 1.87. The van der Waals surface area contributed by atoms with Gasteiger partial charge in [-0.2, -0.15) is 0 Å². The quantitative estimate of drug-likeness (QED) is 0.680. The number of aromatic amines is 1. The first-order valence-corrected chi connectivity index (χ1v) is 5.42. The molecule has 0 amide bonds. The Morgan fingerprint density at radius 1 is 1.24 bits per heavy atom. The minimum atomic E-state index is -0.0787. The maximum absolute atomic E-state index is 12.3. The van der Waals surface area contributed by atoms with Crippen LogP contribution in [-0.2, 0) is 0 Å². The monoisotopic (exact) mass is 225 g/mol. The van der Waals surface area contributed by atoms with Crippen LogP contribution < -0.4 is 0 Å². The van der Waals surface area contributed by atoms with Gasteiger partial charge in [0.05, 0.1) is 11.8 Å². The summed E-state index contributed by atoms with van der Waals surface area (Å²) < 4.78 is 5.24. The molecule has 0 saturated heterocycles. The molecule has 0 radical (unpaired) electrons. The van der Waals surface area contributed by atoms with Gasteiger partial charge in [-0.3, -0.25) is 4.79 Å². The van der Waals surface area contributed by atoms with Crippen LogP contribution in [0.4, 0.5) is 0 Å². The van der Waals surface area contributed by atoms with E-state index in [1.54, 1.807) is 12.3 Å². The second kappa shape index (κ2) is 3.63. The number of furan rings is 1. The van der Waals surface area contributed by atoms with E-state index < -0.39 is 0 Å². The van der Waals surface area contributed by atoms with Crippen LogP contribution in [0.2, 0.25) is 0 Å². The van der Waals surface area contributed by atoms with Gasteiger partial charge < -0.3 is 9.40 Å². The summed E-state index contributed by atoms with van der Waals surface area (Å²) in [5, 5.41) is 0.924. The van der Waals surface area contributed by atoms with Crippen LogP contribution in [0, 0.1) is 6.92 Å². The van der Waals surface area contributed by atoms with Crippen molar-refractivity contribution in [3.05, 3.63) is 59.7 Å². The van der Waals surface area contributed by atoms with Gasteiger partial charge >= 0.3 is 0 Å². The molecule has 1 N–H and O–H groups in total. The van der Waals surface area contributed by atoms with Gasteiger partial charge in [0.15, 0.2) is 5.76 Å². The van der Waals surface area contributed by atoms with Gasteiger partial charge in [0.2, 0.25) is 5.78 Å². The molecule has 3 aromatic rings. The van der Waals surface area contributed by atoms with Crippen LogP contribution in [0.1, 0.15) is 21.7 Å². The molecule has 0 spiro atoms. The molecule has 0 fully saturated rings. The van der Waals surface area contributed by atoms with Crippen LogP contribution in [0.15, 0.2) is 47.2 Å². The van der Waals surface area contributed by atoms with Crippen molar-refractivity contribution in [3.8, 4) is 0 Å². The van der Waals surface area contributed by atoms with Gasteiger partial charge in [-0.25, -0.2) is 0 Å². The maximum atomic E-state index is 12.3. The SMILES string of the molecule is Cc1ccoc1C(=O)c1c[nH]c2ccccc12. The van der Waals surface area contributed by atoms with E-state index in [9.17, 15) is 4.79 Å². The molecular weight excluding hydrogens is 214 g/mol. The highest BCUT2D eigenvalue weighted by Gasteiger charge is 2.18. The lowest BCUT2D eigenvalue weighted by molar-refractivity contribution is 0.101. The van der Waals surface area contributed by atoms with Gasteiger partial charge in [-0.15, -0.1) is 0 Å². The van der Waals surface area contributed by atoms with E-state index in [0.717, 1.165) is 16.5 Å². The van der Waals surface area contributed by atoms with Gasteiger partial charge in [-0.05, 0) is 24.6 Å². The van der Waals surface area contributed by atoms with Gasteiger partial charge in [-0.1, -0.05) is 18.2 Å². The van der Waals surface area contributed by atoms with Crippen molar-refractivity contribution in [3.63, 3.8) is 0 Å². The van der Waals surface area contributed by atoms with Crippen molar-refractivity contribution >= 4 is 16.7 Å². The molecule has 2 aromatic heterocycles. The fourth-order valence-electron chi connectivity index (χ4n) is 1.99. The second-order valence-corrected chi connectivity index (χ2v) is 4.01. The largest absolute Gasteiger partial charge is 0.461 e. The van der Waals surface area contributed by atoms with Crippen LogP contribution in [-0.4, -0.2) is 10.8 Å². The van der Waals surface area contributed by atoms with Crippen LogP contribution in [0.3, 0.4) is 0 Å². The molecule has 0 aliphatic carbocycles. The highest BCUT2D eigenvalue weighted by molar-refractivity contribution is 6.15. The number of aromatic nitrogens is 1. The third-order valence-corrected chi connectivity index (χ3v) is 2.90. The Hall–Kier alpha value is -2.29. The number of nitrogens with one attached hydrogen (secondary N) is 1. The first kappa shape index (κ1) is 9.90. The molecule has 3 heteroatoms. The smallest absolute Gasteiger partial charge is 0.230 e. The highest BCUT2D eigenvalue weighted by Crippen LogP contribution is 2.22. The van der Waals surface area contributed by atoms with E-state index in [4.69, 9.17) is 4.42 Å². The van der Waals surface area contributed by atoms with E-state index in [2.05, 4.69) is 4.98 Å². The first-order chi connectivity index (χ1) is 8.27. The molecule has 0 saturated carbocycles. The second-order valence-electron chi connectivity index (χ2n) is 4.01. The molecule has 84 valence electrons. The molecular formula is C14H11NO2. The molecule has 0 aliphatic heterocycles. The zero-order chi connectivity index (χ0) is 11.8. The van der Waals surface area contributed by atoms with E-state index in [-0.39, 0.29) is 5.78 Å². The summed E-state index contributed by atoms with van der Waals surface area (Å²) in [4.78, 5) is 15.4. The number of rotatable bonds is 2. The topological polar surface area (TPSA) is 46.0 Å². The lowest BCUT2D eigenvalue weighted by atomic mass is 10.1. The lowest BCUT2D eigenvalue weighted by Crippen LogP contribution is -2.00. The Morgan fingerprint density at radius 3 is 2.82 bits per heavy atom. The summed E-state index contributed by atoms with van der Waals surface area (Å²) in [6.07, 6.45) is 3.27. The first-order valence-electron chi connectivity index (χ1n) is 5.42. The Kier molecular flexibility index (Phi) is 2.11. The van der Waals surface area contributed by atoms with E-state index >= 15 is 0 Å². The summed E-state index contributed by atoms with van der Waals surface area (Å²) in [5.74, 6) is 0.333. The number of ketones is 1. The molecule has 0 atom stereocenters. The van der Waals surface area contributed by atoms with Crippen molar-refractivity contribution in [1.29, 1.82) is 0 Å². The molecule has 3 nitrogen and oxygen atoms in total. The van der Waals surface area contributed by atoms with E-state index in [1.807, 2.05) is 31.2 Å². The van der Waals surface area contributed by atoms with Gasteiger partial charge in [0, 0.05) is 17.1 Å². The maximum Gasteiger partial charge on any atom is 0.230 e. The van der Waals surface area contributed by atoms with E-state index in [1.165, 1.54) is 6.26 Å². The Bertz CT molecular complexity index is 691. The Morgan fingerprint density at radius 2 is 2.06 bits per heavy atom. The van der Waals surface area contributed by atoms with Crippen LogP contribution >= 0.6 is 0 Å². The number of carbonyl (C=O) groups excluding carboxylic acids is 1. The summed E-state index contributed by atoms with van der Waals surface area (Å²) in [6, 6.07) is 9.52. The fourth-order valence-corrected chi connectivity index (χ4v) is 1.99. The molecule has 0 bridgehead atoms. The Balaban J connectivity index is 2.17. The number of H-pyrrole nitrogens is 1. The molecule has 2 heterocycles. The number of fused-ring (bicyclic) bond motifs is 1.